The topological polar surface area (TPSA) is 0 Å². The zero-order valence-electron chi connectivity index (χ0n) is 8.36. The van der Waals surface area contributed by atoms with E-state index in [0.29, 0.717) is 0 Å². The van der Waals surface area contributed by atoms with Crippen LogP contribution in [-0.4, -0.2) is 0 Å². The summed E-state index contributed by atoms with van der Waals surface area (Å²) < 4.78 is 0. The van der Waals surface area contributed by atoms with E-state index in [1.807, 2.05) is 0 Å². The Labute approximate surface area is 185 Å². The largest absolute Gasteiger partial charge is 0.358 e. The summed E-state index contributed by atoms with van der Waals surface area (Å²) in [6, 6.07) is 0. The molecule has 0 bridgehead atoms. The molecular weight excluding hydrogens is 1360 g/mol. The maximum absolute atomic E-state index is 2.08. The number of hydrogen-bond acceptors (Lipinski definition) is 0. The predicted molar refractivity (Wildman–Crippen MR) is 33.1 cm³/mol. The maximum Gasteiger partial charge on any atom is 0 e. The quantitative estimate of drug-likeness (QED) is 0.328. The fraction of sp³-hybridized carbons (Fsp3) is 0.500. The molecule has 0 saturated carbocycles. The van der Waals surface area contributed by atoms with E-state index >= 15 is 0 Å². The fourth-order valence-electron chi connectivity index (χ4n) is 0. The smallest absolute Gasteiger partial charge is 0 e. The molecule has 0 aromatic carbocycles. The summed E-state index contributed by atoms with van der Waals surface area (Å²) in [7, 11) is 0. The Morgan fingerprint density at radius 1 is 0.462 bits per heavy atom. The summed E-state index contributed by atoms with van der Waals surface area (Å²) in [6.45, 7) is 6.25. The van der Waals surface area contributed by atoms with E-state index in [1.165, 1.54) is 5.92 Å². The van der Waals surface area contributed by atoms with Crippen molar-refractivity contribution in [2.24, 2.45) is 0 Å². The third kappa shape index (κ3) is 159. The number of rotatable bonds is 0. The van der Waals surface area contributed by atoms with Crippen LogP contribution in [0.4, 0.5) is 0 Å². The van der Waals surface area contributed by atoms with Crippen LogP contribution in [0.1, 0.15) is 20.8 Å². The van der Waals surface area contributed by atoms with Gasteiger partial charge in [-0.15, -0.1) is 0 Å². The summed E-state index contributed by atoms with van der Waals surface area (Å²) in [5.41, 5.74) is 0. The molecule has 0 rings (SSSR count). The van der Waals surface area contributed by atoms with Crippen LogP contribution in [-0.2, 0) is 147 Å². The van der Waals surface area contributed by atoms with Crippen LogP contribution < -0.4 is 0 Å². The van der Waals surface area contributed by atoms with Crippen molar-refractivity contribution in [2.45, 2.75) is 20.8 Å². The van der Waals surface area contributed by atoms with Crippen molar-refractivity contribution in [2.75, 3.05) is 0 Å². The second-order valence-corrected chi connectivity index (χ2v) is 1.50. The molecule has 0 nitrogen and oxygen atoms in total. The van der Waals surface area contributed by atoms with Gasteiger partial charge >= 0.3 is 0 Å². The average molecular weight is 1370 g/mol. The monoisotopic (exact) mass is 1370 g/mol. The van der Waals surface area contributed by atoms with Crippen LogP contribution in [0.15, 0.2) is 0 Å². The molecule has 7 heteroatoms. The molecule has 13 heavy (non-hydrogen) atoms. The third-order valence-electron chi connectivity index (χ3n) is 0. The van der Waals surface area contributed by atoms with Gasteiger partial charge in [0.1, 0.15) is 0 Å². The van der Waals surface area contributed by atoms with Gasteiger partial charge in [-0.05, 0) is 0 Å². The minimum atomic E-state index is 0. The van der Waals surface area contributed by atoms with E-state index in [4.69, 9.17) is 0 Å². The normalized spacial score (nSPS) is 2.77. The van der Waals surface area contributed by atoms with Gasteiger partial charge in [0.2, 0.25) is 0 Å². The van der Waals surface area contributed by atoms with E-state index < -0.39 is 0 Å². The fourth-order valence-corrected chi connectivity index (χ4v) is 0. The van der Waals surface area contributed by atoms with Gasteiger partial charge in [0.25, 0.3) is 0 Å². The van der Waals surface area contributed by atoms with Gasteiger partial charge in [0.05, 0.1) is 0 Å². The Kier molecular flexibility index (Phi) is 437. The molecule has 0 spiro atoms. The zero-order valence-corrected chi connectivity index (χ0v) is 28.9. The Bertz CT molecular complexity index is 17.7. The van der Waals surface area contributed by atoms with E-state index in [1.54, 1.807) is 0 Å². The first-order chi connectivity index (χ1) is 1.73. The van der Waals surface area contributed by atoms with Crippen molar-refractivity contribution in [3.8, 4) is 0 Å². The molecule has 0 saturated heterocycles. The van der Waals surface area contributed by atoms with Crippen molar-refractivity contribution < 1.29 is 147 Å². The van der Waals surface area contributed by atoms with Gasteiger partial charge in [-0.2, -0.15) is 20.8 Å². The second-order valence-electron chi connectivity index (χ2n) is 1.50. The van der Waals surface area contributed by atoms with Crippen LogP contribution in [0.25, 0.3) is 0 Å². The molecule has 0 aliphatic heterocycles. The predicted octanol–water partition coefficient (Wildman–Crippen LogP) is 2.50. The summed E-state index contributed by atoms with van der Waals surface area (Å²) in [5, 5.41) is 0. The molecule has 0 amide bonds. The summed E-state index contributed by atoms with van der Waals surface area (Å²) in [6.07, 6.45) is 0. The second kappa shape index (κ2) is 68.8. The summed E-state index contributed by atoms with van der Waals surface area (Å²) in [5.74, 6) is 1.42. The zero-order chi connectivity index (χ0) is 3.58. The average Bonchev–Trinajstić information content (AvgIpc) is 0.811. The molecule has 0 atom stereocenters. The molecule has 0 radical (unpaired) electrons. The number of hydrogen-bond donors (Lipinski definition) is 0. The van der Waals surface area contributed by atoms with Gasteiger partial charge in [0, 0.05) is 147 Å². The van der Waals surface area contributed by atoms with Crippen LogP contribution in [0.3, 0.4) is 0 Å². The van der Waals surface area contributed by atoms with Crippen molar-refractivity contribution >= 4 is 0 Å². The molecule has 0 N–H and O–H groups in total. The first-order valence-corrected chi connectivity index (χ1v) is 1.50. The molecule has 0 aromatic heterocycles. The third-order valence-corrected chi connectivity index (χ3v) is 0. The SMILES string of the molecule is C[C-](C)C.[CH3-].[CH3-].[W].[W].[W].[W].[W].[W].[W]. The Hall–Kier alpha value is 4.82. The van der Waals surface area contributed by atoms with Crippen molar-refractivity contribution in [1.82, 2.24) is 0 Å². The van der Waals surface area contributed by atoms with E-state index in [9.17, 15) is 0 Å². The molecule has 84 valence electrons. The van der Waals surface area contributed by atoms with E-state index in [0.717, 1.165) is 0 Å². The van der Waals surface area contributed by atoms with Crippen LogP contribution in [0.2, 0.25) is 0 Å². The van der Waals surface area contributed by atoms with Gasteiger partial charge < -0.3 is 20.8 Å². The van der Waals surface area contributed by atoms with Gasteiger partial charge in [-0.25, -0.2) is 0 Å². The minimum absolute atomic E-state index is 0. The molecule has 0 heterocycles. The summed E-state index contributed by atoms with van der Waals surface area (Å²) >= 11 is 0. The molecule has 0 unspecified atom stereocenters. The first-order valence-electron chi connectivity index (χ1n) is 1.50. The van der Waals surface area contributed by atoms with Crippen molar-refractivity contribution in [1.29, 1.82) is 0 Å². The van der Waals surface area contributed by atoms with Crippen LogP contribution in [0, 0.1) is 20.8 Å². The molecule has 0 aromatic rings. The van der Waals surface area contributed by atoms with Crippen LogP contribution in [0.5, 0.6) is 0 Å². The standard InChI is InChI=1S/C4H9.2CH3.7W/c1-4(2)3;;;;;;;;;/h1-3H3;2*1H3;;;;;;;/q3*-1;;;;;;;. The Balaban J connectivity index is -0.00000000125. The first kappa shape index (κ1) is 82.5. The Morgan fingerprint density at radius 3 is 0.462 bits per heavy atom. The van der Waals surface area contributed by atoms with E-state index in [2.05, 4.69) is 20.8 Å². The van der Waals surface area contributed by atoms with Gasteiger partial charge in [-0.3, -0.25) is 0 Å². The van der Waals surface area contributed by atoms with Gasteiger partial charge in [-0.1, -0.05) is 0 Å². The molecule has 0 aliphatic rings. The van der Waals surface area contributed by atoms with Gasteiger partial charge in [0.15, 0.2) is 0 Å². The molecule has 0 fully saturated rings. The minimum Gasteiger partial charge on any atom is -0.358 e. The maximum atomic E-state index is 2.08. The van der Waals surface area contributed by atoms with Crippen molar-refractivity contribution in [3.05, 3.63) is 20.8 Å². The molecular formula is C6H15W7-3. The van der Waals surface area contributed by atoms with Crippen molar-refractivity contribution in [3.63, 3.8) is 0 Å². The van der Waals surface area contributed by atoms with E-state index in [-0.39, 0.29) is 162 Å². The molecule has 0 aliphatic carbocycles. The summed E-state index contributed by atoms with van der Waals surface area (Å²) in [4.78, 5) is 0. The van der Waals surface area contributed by atoms with Crippen LogP contribution >= 0.6 is 0 Å². The Morgan fingerprint density at radius 2 is 0.462 bits per heavy atom.